The van der Waals surface area contributed by atoms with Crippen molar-refractivity contribution in [1.29, 1.82) is 0 Å². The monoisotopic (exact) mass is 217 g/mol. The van der Waals surface area contributed by atoms with Crippen LogP contribution in [0.2, 0.25) is 0 Å². The molecule has 0 aromatic carbocycles. The van der Waals surface area contributed by atoms with Crippen LogP contribution in [0.15, 0.2) is 0 Å². The van der Waals surface area contributed by atoms with Crippen molar-refractivity contribution in [3.8, 4) is 0 Å². The molecular formula is C11H23NO3. The third kappa shape index (κ3) is 6.47. The van der Waals surface area contributed by atoms with Crippen LogP contribution in [0.4, 0.5) is 0 Å². The molecule has 0 saturated carbocycles. The van der Waals surface area contributed by atoms with E-state index in [1.165, 1.54) is 0 Å². The summed E-state index contributed by atoms with van der Waals surface area (Å²) in [5.74, 6) is -0.283. The van der Waals surface area contributed by atoms with E-state index in [1.807, 2.05) is 27.7 Å². The number of aliphatic hydroxyl groups is 1. The second kappa shape index (κ2) is 6.08. The Bertz CT molecular complexity index is 194. The van der Waals surface area contributed by atoms with Crippen LogP contribution < -0.4 is 5.32 Å². The van der Waals surface area contributed by atoms with Gasteiger partial charge in [0.05, 0.1) is 6.61 Å². The summed E-state index contributed by atoms with van der Waals surface area (Å²) in [5.41, 5.74) is -0.464. The Balaban J connectivity index is 4.09. The molecule has 0 fully saturated rings. The maximum atomic E-state index is 11.6. The maximum Gasteiger partial charge on any atom is 0.323 e. The molecule has 15 heavy (non-hydrogen) atoms. The van der Waals surface area contributed by atoms with E-state index in [1.54, 1.807) is 6.92 Å². The number of carbonyl (C=O) groups is 1. The molecule has 0 aliphatic carbocycles. The Morgan fingerprint density at radius 1 is 1.47 bits per heavy atom. The number of carbonyl (C=O) groups excluding carboxylic acids is 1. The van der Waals surface area contributed by atoms with Crippen molar-refractivity contribution in [2.45, 2.75) is 58.7 Å². The first kappa shape index (κ1) is 14.4. The highest BCUT2D eigenvalue weighted by molar-refractivity contribution is 5.75. The Morgan fingerprint density at radius 3 is 2.33 bits per heavy atom. The Hall–Kier alpha value is -0.610. The molecule has 0 spiro atoms. The van der Waals surface area contributed by atoms with Gasteiger partial charge >= 0.3 is 5.97 Å². The van der Waals surface area contributed by atoms with E-state index in [9.17, 15) is 4.79 Å². The molecule has 2 atom stereocenters. The van der Waals surface area contributed by atoms with Gasteiger partial charge in [-0.1, -0.05) is 6.92 Å². The van der Waals surface area contributed by atoms with Gasteiger partial charge in [-0.3, -0.25) is 10.1 Å². The predicted octanol–water partition coefficient (Wildman–Crippen LogP) is 1.08. The SMILES string of the molecule is CCC(CO)N[C@@H](C)C(=O)OC(C)(C)C. The van der Waals surface area contributed by atoms with Crippen LogP contribution in [-0.2, 0) is 9.53 Å². The van der Waals surface area contributed by atoms with Gasteiger partial charge in [-0.25, -0.2) is 0 Å². The molecule has 0 saturated heterocycles. The number of esters is 1. The lowest BCUT2D eigenvalue weighted by molar-refractivity contribution is -0.157. The third-order valence-electron chi connectivity index (χ3n) is 1.96. The lowest BCUT2D eigenvalue weighted by Crippen LogP contribution is -2.45. The molecule has 0 heterocycles. The summed E-state index contributed by atoms with van der Waals surface area (Å²) in [4.78, 5) is 11.6. The molecule has 4 nitrogen and oxygen atoms in total. The average molecular weight is 217 g/mol. The maximum absolute atomic E-state index is 11.6. The van der Waals surface area contributed by atoms with E-state index in [4.69, 9.17) is 9.84 Å². The minimum absolute atomic E-state index is 0.0314. The summed E-state index contributed by atoms with van der Waals surface area (Å²) in [6.07, 6.45) is 0.781. The highest BCUT2D eigenvalue weighted by Crippen LogP contribution is 2.08. The Morgan fingerprint density at radius 2 is 2.00 bits per heavy atom. The fraction of sp³-hybridized carbons (Fsp3) is 0.909. The quantitative estimate of drug-likeness (QED) is 0.676. The lowest BCUT2D eigenvalue weighted by atomic mass is 10.1. The van der Waals surface area contributed by atoms with Gasteiger partial charge in [0.15, 0.2) is 0 Å². The van der Waals surface area contributed by atoms with Gasteiger partial charge in [-0.05, 0) is 34.1 Å². The van der Waals surface area contributed by atoms with E-state index < -0.39 is 5.60 Å². The predicted molar refractivity (Wildman–Crippen MR) is 59.6 cm³/mol. The number of ether oxygens (including phenoxy) is 1. The van der Waals surface area contributed by atoms with Crippen molar-refractivity contribution >= 4 is 5.97 Å². The van der Waals surface area contributed by atoms with Crippen LogP contribution >= 0.6 is 0 Å². The van der Waals surface area contributed by atoms with Crippen LogP contribution in [0.25, 0.3) is 0 Å². The topological polar surface area (TPSA) is 58.6 Å². The first-order valence-corrected chi connectivity index (χ1v) is 5.40. The Labute approximate surface area is 92.0 Å². The highest BCUT2D eigenvalue weighted by Gasteiger charge is 2.22. The molecule has 0 aromatic rings. The van der Waals surface area contributed by atoms with Crippen molar-refractivity contribution in [2.24, 2.45) is 0 Å². The van der Waals surface area contributed by atoms with Crippen LogP contribution in [0.1, 0.15) is 41.0 Å². The van der Waals surface area contributed by atoms with Crippen LogP contribution in [0, 0.1) is 0 Å². The zero-order chi connectivity index (χ0) is 12.1. The normalized spacial score (nSPS) is 15.9. The highest BCUT2D eigenvalue weighted by atomic mass is 16.6. The first-order valence-electron chi connectivity index (χ1n) is 5.40. The van der Waals surface area contributed by atoms with Gasteiger partial charge in [-0.2, -0.15) is 0 Å². The molecule has 4 heteroatoms. The van der Waals surface area contributed by atoms with Crippen molar-refractivity contribution in [2.75, 3.05) is 6.61 Å². The molecule has 0 aliphatic rings. The summed E-state index contributed by atoms with van der Waals surface area (Å²) in [6, 6.07) is -0.436. The van der Waals surface area contributed by atoms with Gasteiger partial charge in [0, 0.05) is 6.04 Å². The zero-order valence-corrected chi connectivity index (χ0v) is 10.3. The fourth-order valence-electron chi connectivity index (χ4n) is 1.11. The molecule has 2 N–H and O–H groups in total. The van der Waals surface area contributed by atoms with E-state index in [-0.39, 0.29) is 24.7 Å². The smallest absolute Gasteiger partial charge is 0.323 e. The van der Waals surface area contributed by atoms with Gasteiger partial charge in [-0.15, -0.1) is 0 Å². The summed E-state index contributed by atoms with van der Waals surface area (Å²) in [6.45, 7) is 9.23. The summed E-state index contributed by atoms with van der Waals surface area (Å²) in [5, 5.41) is 12.0. The minimum atomic E-state index is -0.464. The molecule has 1 unspecified atom stereocenters. The average Bonchev–Trinajstić information content (AvgIpc) is 2.10. The molecule has 0 rings (SSSR count). The van der Waals surface area contributed by atoms with Crippen molar-refractivity contribution in [3.05, 3.63) is 0 Å². The summed E-state index contributed by atoms with van der Waals surface area (Å²) < 4.78 is 5.21. The zero-order valence-electron chi connectivity index (χ0n) is 10.3. The van der Waals surface area contributed by atoms with Crippen molar-refractivity contribution in [1.82, 2.24) is 5.32 Å². The third-order valence-corrected chi connectivity index (χ3v) is 1.96. The molecule has 0 aromatic heterocycles. The lowest BCUT2D eigenvalue weighted by Gasteiger charge is -2.24. The molecule has 90 valence electrons. The van der Waals surface area contributed by atoms with Crippen LogP contribution in [0.5, 0.6) is 0 Å². The first-order chi connectivity index (χ1) is 6.80. The standard InChI is InChI=1S/C11H23NO3/c1-6-9(7-13)12-8(2)10(14)15-11(3,4)5/h8-9,12-13H,6-7H2,1-5H3/t8-,9?/m0/s1. The molecule has 0 bridgehead atoms. The van der Waals surface area contributed by atoms with Crippen LogP contribution in [0.3, 0.4) is 0 Å². The number of hydrogen-bond acceptors (Lipinski definition) is 4. The van der Waals surface area contributed by atoms with E-state index >= 15 is 0 Å². The van der Waals surface area contributed by atoms with Crippen molar-refractivity contribution < 1.29 is 14.6 Å². The van der Waals surface area contributed by atoms with E-state index in [2.05, 4.69) is 5.32 Å². The largest absolute Gasteiger partial charge is 0.459 e. The van der Waals surface area contributed by atoms with Gasteiger partial charge in [0.1, 0.15) is 11.6 Å². The number of rotatable bonds is 5. The number of nitrogens with one attached hydrogen (secondary N) is 1. The number of hydrogen-bond donors (Lipinski definition) is 2. The van der Waals surface area contributed by atoms with Crippen molar-refractivity contribution in [3.63, 3.8) is 0 Å². The van der Waals surface area contributed by atoms with E-state index in [0.717, 1.165) is 6.42 Å². The summed E-state index contributed by atoms with van der Waals surface area (Å²) in [7, 11) is 0. The van der Waals surface area contributed by atoms with Crippen LogP contribution in [-0.4, -0.2) is 35.4 Å². The molecular weight excluding hydrogens is 194 g/mol. The summed E-state index contributed by atoms with van der Waals surface area (Å²) >= 11 is 0. The molecule has 0 amide bonds. The second-order valence-electron chi connectivity index (χ2n) is 4.71. The Kier molecular flexibility index (Phi) is 5.83. The minimum Gasteiger partial charge on any atom is -0.459 e. The molecule has 0 aliphatic heterocycles. The van der Waals surface area contributed by atoms with Gasteiger partial charge < -0.3 is 9.84 Å². The van der Waals surface area contributed by atoms with Gasteiger partial charge in [0.25, 0.3) is 0 Å². The van der Waals surface area contributed by atoms with E-state index in [0.29, 0.717) is 0 Å². The molecule has 0 radical (unpaired) electrons. The fourth-order valence-corrected chi connectivity index (χ4v) is 1.11. The number of aliphatic hydroxyl groups excluding tert-OH is 1. The van der Waals surface area contributed by atoms with Gasteiger partial charge in [0.2, 0.25) is 0 Å². The second-order valence-corrected chi connectivity index (χ2v) is 4.71.